The number of hydrogen-bond acceptors (Lipinski definition) is 9. The van der Waals surface area contributed by atoms with Gasteiger partial charge in [0.25, 0.3) is 11.1 Å². The molecule has 0 aromatic carbocycles. The SMILES string of the molecule is O=C1NC(=O)/C(=C/C2=CCNC(N[C@H]3CC[C@H](NCc4cccnc4-c4ccco4)CC3)=N2)S1. The smallest absolute Gasteiger partial charge is 0.290 e. The van der Waals surface area contributed by atoms with Gasteiger partial charge in [-0.15, -0.1) is 0 Å². The number of carbonyl (C=O) groups is 2. The van der Waals surface area contributed by atoms with Crippen LogP contribution in [0.1, 0.15) is 31.2 Å². The van der Waals surface area contributed by atoms with E-state index in [-0.39, 0.29) is 11.1 Å². The summed E-state index contributed by atoms with van der Waals surface area (Å²) in [6.07, 6.45) is 11.2. The lowest BCUT2D eigenvalue weighted by Crippen LogP contribution is -2.47. The van der Waals surface area contributed by atoms with Crippen molar-refractivity contribution in [2.45, 2.75) is 44.3 Å². The molecule has 2 fully saturated rings. The van der Waals surface area contributed by atoms with E-state index in [1.165, 1.54) is 0 Å². The number of hydrogen-bond donors (Lipinski definition) is 4. The first kappa shape index (κ1) is 22.4. The van der Waals surface area contributed by atoms with Gasteiger partial charge >= 0.3 is 0 Å². The summed E-state index contributed by atoms with van der Waals surface area (Å²) >= 11 is 0.902. The minimum Gasteiger partial charge on any atom is -0.463 e. The standard InChI is InChI=1S/C24H26N6O3S/c31-22-20(34-24(32)30-22)13-18-9-11-26-23(29-18)28-17-7-5-16(6-8-17)27-14-15-3-1-10-25-21(15)19-4-2-12-33-19/h1-4,9-10,12-13,16-17,27H,5-8,11,14H2,(H2,26,28,29)(H,30,31,32)/b20-13-/t16-,17-. The summed E-state index contributed by atoms with van der Waals surface area (Å²) in [7, 11) is 0. The average molecular weight is 479 g/mol. The molecular weight excluding hydrogens is 452 g/mol. The Bertz CT molecular complexity index is 1150. The molecule has 1 saturated heterocycles. The van der Waals surface area contributed by atoms with E-state index in [2.05, 4.69) is 37.3 Å². The number of carbonyl (C=O) groups excluding carboxylic acids is 2. The predicted molar refractivity (Wildman–Crippen MR) is 131 cm³/mol. The molecule has 2 aromatic heterocycles. The Morgan fingerprint density at radius 2 is 2.00 bits per heavy atom. The number of amides is 2. The topological polar surface area (TPSA) is 121 Å². The highest BCUT2D eigenvalue weighted by Gasteiger charge is 2.26. The summed E-state index contributed by atoms with van der Waals surface area (Å²) in [5.74, 6) is 1.13. The van der Waals surface area contributed by atoms with Crippen molar-refractivity contribution >= 4 is 28.9 Å². The average Bonchev–Trinajstić information content (AvgIpc) is 3.49. The second kappa shape index (κ2) is 10.3. The molecule has 5 rings (SSSR count). The molecule has 0 radical (unpaired) electrons. The molecule has 0 bridgehead atoms. The van der Waals surface area contributed by atoms with Gasteiger partial charge < -0.3 is 20.4 Å². The zero-order valence-electron chi connectivity index (χ0n) is 18.5. The molecule has 2 aliphatic heterocycles. The van der Waals surface area contributed by atoms with Crippen molar-refractivity contribution in [1.82, 2.24) is 26.3 Å². The molecule has 0 atom stereocenters. The van der Waals surface area contributed by atoms with Gasteiger partial charge in [-0.05, 0) is 73.4 Å². The third kappa shape index (κ3) is 5.40. The van der Waals surface area contributed by atoms with Gasteiger partial charge in [0, 0.05) is 31.4 Å². The summed E-state index contributed by atoms with van der Waals surface area (Å²) in [6.45, 7) is 1.36. The van der Waals surface area contributed by atoms with Gasteiger partial charge in [0.15, 0.2) is 11.7 Å². The van der Waals surface area contributed by atoms with Crippen LogP contribution in [0.25, 0.3) is 11.5 Å². The van der Waals surface area contributed by atoms with Crippen LogP contribution >= 0.6 is 11.8 Å². The van der Waals surface area contributed by atoms with E-state index in [1.54, 1.807) is 18.5 Å². The maximum atomic E-state index is 11.8. The molecule has 34 heavy (non-hydrogen) atoms. The molecular formula is C24H26N6O3S. The van der Waals surface area contributed by atoms with Crippen molar-refractivity contribution in [3.8, 4) is 11.5 Å². The van der Waals surface area contributed by atoms with Crippen molar-refractivity contribution in [2.24, 2.45) is 4.99 Å². The number of pyridine rings is 1. The highest BCUT2D eigenvalue weighted by Crippen LogP contribution is 2.26. The van der Waals surface area contributed by atoms with Crippen LogP contribution in [0, 0.1) is 0 Å². The van der Waals surface area contributed by atoms with E-state index in [4.69, 9.17) is 4.42 Å². The molecule has 0 unspecified atom stereocenters. The largest absolute Gasteiger partial charge is 0.463 e. The van der Waals surface area contributed by atoms with Gasteiger partial charge in [0.2, 0.25) is 0 Å². The number of allylic oxidation sites excluding steroid dienone is 1. The maximum Gasteiger partial charge on any atom is 0.290 e. The molecule has 3 aliphatic rings. The fourth-order valence-corrected chi connectivity index (χ4v) is 4.97. The fraction of sp³-hybridized carbons (Fsp3) is 0.333. The lowest BCUT2D eigenvalue weighted by atomic mass is 9.91. The van der Waals surface area contributed by atoms with E-state index in [0.717, 1.165) is 61.0 Å². The van der Waals surface area contributed by atoms with Crippen molar-refractivity contribution in [3.63, 3.8) is 0 Å². The second-order valence-electron chi connectivity index (χ2n) is 8.38. The molecule has 1 saturated carbocycles. The summed E-state index contributed by atoms with van der Waals surface area (Å²) in [6, 6.07) is 8.63. The number of imide groups is 1. The summed E-state index contributed by atoms with van der Waals surface area (Å²) < 4.78 is 5.53. The molecule has 10 heteroatoms. The van der Waals surface area contributed by atoms with Gasteiger partial charge in [0.1, 0.15) is 5.69 Å². The zero-order valence-corrected chi connectivity index (χ0v) is 19.4. The first-order chi connectivity index (χ1) is 16.6. The van der Waals surface area contributed by atoms with Crippen LogP contribution in [-0.2, 0) is 11.3 Å². The van der Waals surface area contributed by atoms with Crippen LogP contribution < -0.4 is 21.3 Å². The maximum absolute atomic E-state index is 11.8. The van der Waals surface area contributed by atoms with Gasteiger partial charge in [-0.25, -0.2) is 4.99 Å². The Balaban J connectivity index is 1.11. The van der Waals surface area contributed by atoms with E-state index >= 15 is 0 Å². The predicted octanol–water partition coefficient (Wildman–Crippen LogP) is 3.04. The monoisotopic (exact) mass is 478 g/mol. The number of guanidine groups is 1. The highest BCUT2D eigenvalue weighted by molar-refractivity contribution is 8.18. The third-order valence-electron chi connectivity index (χ3n) is 6.04. The minimum atomic E-state index is -0.368. The minimum absolute atomic E-state index is 0.333. The van der Waals surface area contributed by atoms with Crippen LogP contribution in [0.5, 0.6) is 0 Å². The first-order valence-electron chi connectivity index (χ1n) is 11.4. The van der Waals surface area contributed by atoms with Crippen molar-refractivity contribution in [3.05, 3.63) is 65.0 Å². The normalized spacial score (nSPS) is 23.8. The Labute approximate surface area is 201 Å². The summed E-state index contributed by atoms with van der Waals surface area (Å²) in [4.78, 5) is 32.6. The van der Waals surface area contributed by atoms with Gasteiger partial charge in [-0.3, -0.25) is 19.9 Å². The lowest BCUT2D eigenvalue weighted by molar-refractivity contribution is -0.115. The number of rotatable bonds is 6. The molecule has 2 amide bonds. The fourth-order valence-electron chi connectivity index (χ4n) is 4.30. The Morgan fingerprint density at radius 3 is 2.76 bits per heavy atom. The van der Waals surface area contributed by atoms with Crippen LogP contribution in [-0.4, -0.2) is 40.7 Å². The van der Waals surface area contributed by atoms with Crippen molar-refractivity contribution in [1.29, 1.82) is 0 Å². The van der Waals surface area contributed by atoms with Gasteiger partial charge in [-0.2, -0.15) is 0 Å². The molecule has 9 nitrogen and oxygen atoms in total. The van der Waals surface area contributed by atoms with Crippen LogP contribution in [0.15, 0.2) is 68.9 Å². The molecule has 1 aliphatic carbocycles. The number of aromatic nitrogens is 1. The molecule has 2 aromatic rings. The Kier molecular flexibility index (Phi) is 6.77. The zero-order chi connectivity index (χ0) is 23.3. The number of furan rings is 1. The molecule has 4 N–H and O–H groups in total. The quantitative estimate of drug-likeness (QED) is 0.468. The number of aliphatic imine (C=N–C) groups is 1. The molecule has 0 spiro atoms. The molecule has 4 heterocycles. The highest BCUT2D eigenvalue weighted by atomic mass is 32.2. The number of nitrogens with one attached hydrogen (secondary N) is 4. The summed E-state index contributed by atoms with van der Waals surface area (Å²) in [5, 5.41) is 12.3. The first-order valence-corrected chi connectivity index (χ1v) is 12.2. The van der Waals surface area contributed by atoms with E-state index in [9.17, 15) is 9.59 Å². The van der Waals surface area contributed by atoms with Crippen LogP contribution in [0.2, 0.25) is 0 Å². The van der Waals surface area contributed by atoms with Crippen molar-refractivity contribution < 1.29 is 14.0 Å². The second-order valence-corrected chi connectivity index (χ2v) is 9.40. The Morgan fingerprint density at radius 1 is 1.15 bits per heavy atom. The van der Waals surface area contributed by atoms with Crippen molar-refractivity contribution in [2.75, 3.05) is 6.54 Å². The summed E-state index contributed by atoms with van der Waals surface area (Å²) in [5.41, 5.74) is 2.68. The van der Waals surface area contributed by atoms with E-state index in [1.807, 2.05) is 24.3 Å². The Hall–Kier alpha value is -3.37. The van der Waals surface area contributed by atoms with Gasteiger partial charge in [0.05, 0.1) is 16.9 Å². The van der Waals surface area contributed by atoms with Gasteiger partial charge in [-0.1, -0.05) is 6.07 Å². The van der Waals surface area contributed by atoms with Crippen LogP contribution in [0.3, 0.4) is 0 Å². The van der Waals surface area contributed by atoms with E-state index in [0.29, 0.717) is 35.2 Å². The third-order valence-corrected chi connectivity index (χ3v) is 6.85. The number of thioether (sulfide) groups is 1. The number of nitrogens with zero attached hydrogens (tertiary/aromatic N) is 2. The van der Waals surface area contributed by atoms with Crippen LogP contribution in [0.4, 0.5) is 4.79 Å². The van der Waals surface area contributed by atoms with E-state index < -0.39 is 0 Å². The molecule has 176 valence electrons. The lowest BCUT2D eigenvalue weighted by Gasteiger charge is -2.31.